The average molecular weight is 561 g/mol. The van der Waals surface area contributed by atoms with Gasteiger partial charge in [0.15, 0.2) is 11.5 Å². The molecule has 3 aromatic rings. The van der Waals surface area contributed by atoms with Gasteiger partial charge in [-0.2, -0.15) is 4.31 Å². The Labute approximate surface area is 230 Å². The molecule has 3 rings (SSSR count). The summed E-state index contributed by atoms with van der Waals surface area (Å²) < 4.78 is 54.7. The minimum absolute atomic E-state index is 0.0800. The summed E-state index contributed by atoms with van der Waals surface area (Å²) in [6.45, 7) is 0.693. The average Bonchev–Trinajstić information content (AvgIpc) is 3.47. The number of carbonyl (C=O) groups excluding carboxylic acids is 1. The van der Waals surface area contributed by atoms with Crippen molar-refractivity contribution in [3.63, 3.8) is 0 Å². The van der Waals surface area contributed by atoms with Crippen molar-refractivity contribution >= 4 is 15.9 Å². The van der Waals surface area contributed by atoms with Gasteiger partial charge in [0, 0.05) is 26.8 Å². The third kappa shape index (κ3) is 8.22. The van der Waals surface area contributed by atoms with E-state index < -0.39 is 10.0 Å². The van der Waals surface area contributed by atoms with Crippen LogP contribution in [0.5, 0.6) is 17.2 Å². The van der Waals surface area contributed by atoms with E-state index in [1.54, 1.807) is 50.5 Å². The second-order valence-electron chi connectivity index (χ2n) is 8.69. The number of hydrogen-bond donors (Lipinski definition) is 0. The van der Waals surface area contributed by atoms with Gasteiger partial charge in [-0.25, -0.2) is 8.42 Å². The van der Waals surface area contributed by atoms with Crippen molar-refractivity contribution in [1.29, 1.82) is 0 Å². The van der Waals surface area contributed by atoms with Crippen molar-refractivity contribution < 1.29 is 36.6 Å². The molecule has 0 spiro atoms. The molecule has 212 valence electrons. The summed E-state index contributed by atoms with van der Waals surface area (Å²) in [5.41, 5.74) is 0.938. The van der Waals surface area contributed by atoms with Gasteiger partial charge in [-0.1, -0.05) is 6.07 Å². The summed E-state index contributed by atoms with van der Waals surface area (Å²) in [5, 5.41) is 0. The minimum atomic E-state index is -3.96. The first kappa shape index (κ1) is 30.0. The molecule has 39 heavy (non-hydrogen) atoms. The first-order chi connectivity index (χ1) is 18.8. The number of methoxy groups -OCH3 is 4. The van der Waals surface area contributed by atoms with E-state index >= 15 is 0 Å². The molecule has 0 fully saturated rings. The molecular weight excluding hydrogens is 524 g/mol. The molecule has 0 unspecified atom stereocenters. The SMILES string of the molecule is COCCCN(CC(=O)N(CCc1ccc(OC)c(OC)c1)Cc1ccco1)S(=O)(=O)c1ccc(OC)cc1. The van der Waals surface area contributed by atoms with Crippen LogP contribution in [0.15, 0.2) is 70.2 Å². The van der Waals surface area contributed by atoms with Crippen molar-refractivity contribution in [2.45, 2.75) is 24.3 Å². The Balaban J connectivity index is 1.82. The molecule has 0 aliphatic rings. The van der Waals surface area contributed by atoms with E-state index in [-0.39, 0.29) is 30.4 Å². The van der Waals surface area contributed by atoms with Crippen LogP contribution >= 0.6 is 0 Å². The van der Waals surface area contributed by atoms with Gasteiger partial charge < -0.3 is 28.3 Å². The van der Waals surface area contributed by atoms with Crippen molar-refractivity contribution in [2.75, 3.05) is 54.7 Å². The molecule has 1 heterocycles. The Morgan fingerprint density at radius 3 is 2.26 bits per heavy atom. The Morgan fingerprint density at radius 2 is 1.64 bits per heavy atom. The Hall–Kier alpha value is -3.54. The smallest absolute Gasteiger partial charge is 0.243 e. The lowest BCUT2D eigenvalue weighted by Gasteiger charge is -2.27. The fourth-order valence-electron chi connectivity index (χ4n) is 4.00. The fourth-order valence-corrected chi connectivity index (χ4v) is 5.43. The van der Waals surface area contributed by atoms with E-state index in [0.29, 0.717) is 49.0 Å². The monoisotopic (exact) mass is 560 g/mol. The van der Waals surface area contributed by atoms with E-state index in [0.717, 1.165) is 5.56 Å². The van der Waals surface area contributed by atoms with Crippen LogP contribution in [0.25, 0.3) is 0 Å². The molecule has 0 saturated carbocycles. The summed E-state index contributed by atoms with van der Waals surface area (Å²) in [6, 6.07) is 15.2. The molecule has 0 radical (unpaired) electrons. The summed E-state index contributed by atoms with van der Waals surface area (Å²) in [5.74, 6) is 1.99. The van der Waals surface area contributed by atoms with Gasteiger partial charge in [0.05, 0.1) is 45.6 Å². The van der Waals surface area contributed by atoms with Crippen molar-refractivity contribution in [3.05, 3.63) is 72.2 Å². The number of benzene rings is 2. The van der Waals surface area contributed by atoms with Crippen molar-refractivity contribution in [1.82, 2.24) is 9.21 Å². The van der Waals surface area contributed by atoms with Gasteiger partial charge >= 0.3 is 0 Å². The van der Waals surface area contributed by atoms with Crippen LogP contribution in [0, 0.1) is 0 Å². The molecule has 0 N–H and O–H groups in total. The normalized spacial score (nSPS) is 11.4. The number of amides is 1. The summed E-state index contributed by atoms with van der Waals surface area (Å²) in [6.07, 6.45) is 2.49. The molecule has 0 saturated heterocycles. The quantitative estimate of drug-likeness (QED) is 0.245. The Bertz CT molecular complexity index is 1280. The van der Waals surface area contributed by atoms with Crippen LogP contribution in [-0.4, -0.2) is 78.2 Å². The second-order valence-corrected chi connectivity index (χ2v) is 10.6. The molecule has 11 heteroatoms. The fraction of sp³-hybridized carbons (Fsp3) is 0.393. The van der Waals surface area contributed by atoms with E-state index in [2.05, 4.69) is 0 Å². The van der Waals surface area contributed by atoms with Crippen LogP contribution in [0.1, 0.15) is 17.7 Å². The minimum Gasteiger partial charge on any atom is -0.497 e. The number of sulfonamides is 1. The number of nitrogens with zero attached hydrogens (tertiary/aromatic N) is 2. The molecule has 0 bridgehead atoms. The predicted octanol–water partition coefficient (Wildman–Crippen LogP) is 3.60. The third-order valence-electron chi connectivity index (χ3n) is 6.16. The zero-order valence-corrected chi connectivity index (χ0v) is 23.6. The number of hydrogen-bond acceptors (Lipinski definition) is 8. The van der Waals surface area contributed by atoms with Crippen LogP contribution in [0.2, 0.25) is 0 Å². The van der Waals surface area contributed by atoms with Crippen LogP contribution < -0.4 is 14.2 Å². The largest absolute Gasteiger partial charge is 0.497 e. The van der Waals surface area contributed by atoms with Gasteiger partial charge in [0.1, 0.15) is 11.5 Å². The van der Waals surface area contributed by atoms with Crippen LogP contribution in [0.3, 0.4) is 0 Å². The highest BCUT2D eigenvalue weighted by Gasteiger charge is 2.29. The number of ether oxygens (including phenoxy) is 4. The predicted molar refractivity (Wildman–Crippen MR) is 146 cm³/mol. The molecule has 0 atom stereocenters. The summed E-state index contributed by atoms with van der Waals surface area (Å²) in [4.78, 5) is 15.3. The third-order valence-corrected chi connectivity index (χ3v) is 8.02. The molecule has 1 amide bonds. The molecule has 1 aromatic heterocycles. The van der Waals surface area contributed by atoms with Gasteiger partial charge in [-0.05, 0) is 66.9 Å². The first-order valence-corrected chi connectivity index (χ1v) is 13.9. The van der Waals surface area contributed by atoms with E-state index in [1.165, 1.54) is 29.8 Å². The number of carbonyl (C=O) groups is 1. The number of furan rings is 1. The molecule has 0 aliphatic carbocycles. The van der Waals surface area contributed by atoms with E-state index in [9.17, 15) is 13.2 Å². The topological polar surface area (TPSA) is 108 Å². The summed E-state index contributed by atoms with van der Waals surface area (Å²) in [7, 11) is 2.23. The molecular formula is C28H36N2O8S. The number of rotatable bonds is 16. The molecule has 0 aliphatic heterocycles. The van der Waals surface area contributed by atoms with E-state index in [4.69, 9.17) is 23.4 Å². The standard InChI is InChI=1S/C28H36N2O8S/c1-34-17-6-15-30(39(32,33)25-11-9-23(35-2)10-12-25)21-28(31)29(20-24-7-5-18-38-24)16-14-22-8-13-26(36-3)27(19-22)37-4/h5,7-13,18-19H,6,14-17,20-21H2,1-4H3. The Kier molecular flexibility index (Phi) is 11.2. The van der Waals surface area contributed by atoms with Crippen LogP contribution in [-0.2, 0) is 32.5 Å². The second kappa shape index (κ2) is 14.6. The lowest BCUT2D eigenvalue weighted by atomic mass is 10.1. The highest BCUT2D eigenvalue weighted by atomic mass is 32.2. The summed E-state index contributed by atoms with van der Waals surface area (Å²) >= 11 is 0. The maximum Gasteiger partial charge on any atom is 0.243 e. The van der Waals surface area contributed by atoms with Gasteiger partial charge in [0.25, 0.3) is 0 Å². The lowest BCUT2D eigenvalue weighted by molar-refractivity contribution is -0.132. The maximum atomic E-state index is 13.6. The first-order valence-electron chi connectivity index (χ1n) is 12.5. The van der Waals surface area contributed by atoms with Crippen LogP contribution in [0.4, 0.5) is 0 Å². The van der Waals surface area contributed by atoms with E-state index in [1.807, 2.05) is 18.2 Å². The zero-order chi connectivity index (χ0) is 28.3. The van der Waals surface area contributed by atoms with Gasteiger partial charge in [-0.3, -0.25) is 4.79 Å². The zero-order valence-electron chi connectivity index (χ0n) is 22.8. The molecule has 10 nitrogen and oxygen atoms in total. The van der Waals surface area contributed by atoms with Gasteiger partial charge in [0.2, 0.25) is 15.9 Å². The van der Waals surface area contributed by atoms with Gasteiger partial charge in [-0.15, -0.1) is 0 Å². The maximum absolute atomic E-state index is 13.6. The van der Waals surface area contributed by atoms with Crippen molar-refractivity contribution in [2.24, 2.45) is 0 Å². The Morgan fingerprint density at radius 1 is 0.897 bits per heavy atom. The highest BCUT2D eigenvalue weighted by Crippen LogP contribution is 2.28. The highest BCUT2D eigenvalue weighted by molar-refractivity contribution is 7.89. The molecule has 2 aromatic carbocycles. The van der Waals surface area contributed by atoms with Crippen molar-refractivity contribution in [3.8, 4) is 17.2 Å². The lowest BCUT2D eigenvalue weighted by Crippen LogP contribution is -2.43.